The lowest BCUT2D eigenvalue weighted by Crippen LogP contribution is -2.21. The third-order valence-electron chi connectivity index (χ3n) is 4.73. The van der Waals surface area contributed by atoms with Gasteiger partial charge in [0.15, 0.2) is 5.92 Å². The zero-order valence-corrected chi connectivity index (χ0v) is 18.1. The molecule has 0 fully saturated rings. The zero-order chi connectivity index (χ0) is 23.6. The van der Waals surface area contributed by atoms with E-state index < -0.39 is 34.7 Å². The van der Waals surface area contributed by atoms with Gasteiger partial charge in [-0.1, -0.05) is 29.3 Å². The number of fused-ring (bicyclic) bond motifs is 1. The van der Waals surface area contributed by atoms with Crippen LogP contribution in [-0.2, 0) is 16.1 Å². The summed E-state index contributed by atoms with van der Waals surface area (Å²) in [4.78, 5) is 36.4. The number of hydrogen-bond donors (Lipinski definition) is 1. The molecular formula is C22H15Cl2FN2O5. The largest absolute Gasteiger partial charge is 0.477 e. The molecule has 3 aromatic rings. The second kappa shape index (κ2) is 9.39. The summed E-state index contributed by atoms with van der Waals surface area (Å²) in [6.07, 6.45) is 1.11. The highest BCUT2D eigenvalue weighted by molar-refractivity contribution is 6.42. The molecule has 164 valence electrons. The van der Waals surface area contributed by atoms with Gasteiger partial charge in [0.25, 0.3) is 0 Å². The van der Waals surface area contributed by atoms with Crippen LogP contribution in [0.4, 0.5) is 4.39 Å². The molecule has 0 saturated heterocycles. The van der Waals surface area contributed by atoms with E-state index in [1.54, 1.807) is 31.2 Å². The summed E-state index contributed by atoms with van der Waals surface area (Å²) in [7, 11) is 0. The number of aromatic carboxylic acids is 1. The number of benzene rings is 2. The number of aromatic nitrogens is 1. The normalized spacial score (nSPS) is 11.7. The molecule has 0 aliphatic rings. The van der Waals surface area contributed by atoms with Gasteiger partial charge in [-0.05, 0) is 36.8 Å². The van der Waals surface area contributed by atoms with Crippen LogP contribution in [0.2, 0.25) is 10.0 Å². The molecule has 2 aromatic carbocycles. The van der Waals surface area contributed by atoms with Gasteiger partial charge in [0.2, 0.25) is 5.43 Å². The third kappa shape index (κ3) is 4.44. The van der Waals surface area contributed by atoms with E-state index in [-0.39, 0.29) is 34.6 Å². The van der Waals surface area contributed by atoms with Crippen molar-refractivity contribution in [1.82, 2.24) is 4.57 Å². The molecule has 1 atom stereocenters. The molecule has 1 heterocycles. The summed E-state index contributed by atoms with van der Waals surface area (Å²) in [6.45, 7) is 1.59. The van der Waals surface area contributed by atoms with E-state index in [1.165, 1.54) is 10.6 Å². The summed E-state index contributed by atoms with van der Waals surface area (Å²) < 4.78 is 21.1. The SMILES string of the molecule is CCOC(=O)C(C#N)c1cc2c(cc1F)c(=O)c(C(=O)O)cn2Cc1ccc(Cl)c(Cl)c1. The number of halogens is 3. The molecule has 3 rings (SSSR count). The van der Waals surface area contributed by atoms with E-state index >= 15 is 0 Å². The summed E-state index contributed by atoms with van der Waals surface area (Å²) in [6, 6.07) is 8.49. The lowest BCUT2D eigenvalue weighted by molar-refractivity contribution is -0.143. The van der Waals surface area contributed by atoms with Crippen LogP contribution in [0.25, 0.3) is 10.9 Å². The van der Waals surface area contributed by atoms with Gasteiger partial charge in [0.05, 0.1) is 28.2 Å². The van der Waals surface area contributed by atoms with Gasteiger partial charge < -0.3 is 14.4 Å². The lowest BCUT2D eigenvalue weighted by Gasteiger charge is -2.16. The number of carboxylic acids is 1. The predicted octanol–water partition coefficient (Wildman–Crippen LogP) is 4.36. The Morgan fingerprint density at radius 1 is 1.25 bits per heavy atom. The summed E-state index contributed by atoms with van der Waals surface area (Å²) in [5.41, 5.74) is -0.996. The first-order valence-corrected chi connectivity index (χ1v) is 10.0. The maximum atomic E-state index is 14.8. The number of nitriles is 1. The Hall–Kier alpha value is -3.41. The molecule has 1 aromatic heterocycles. The van der Waals surface area contributed by atoms with Gasteiger partial charge in [-0.15, -0.1) is 0 Å². The topological polar surface area (TPSA) is 109 Å². The van der Waals surface area contributed by atoms with Crippen molar-refractivity contribution in [1.29, 1.82) is 5.26 Å². The molecular weight excluding hydrogens is 462 g/mol. The third-order valence-corrected chi connectivity index (χ3v) is 5.47. The van der Waals surface area contributed by atoms with Crippen LogP contribution in [0.5, 0.6) is 0 Å². The Balaban J connectivity index is 2.28. The average Bonchev–Trinajstić information content (AvgIpc) is 2.74. The lowest BCUT2D eigenvalue weighted by atomic mass is 9.97. The Labute approximate surface area is 191 Å². The fourth-order valence-corrected chi connectivity index (χ4v) is 3.56. The Morgan fingerprint density at radius 3 is 2.56 bits per heavy atom. The van der Waals surface area contributed by atoms with Crippen LogP contribution in [0.15, 0.2) is 41.3 Å². The van der Waals surface area contributed by atoms with Gasteiger partial charge in [-0.25, -0.2) is 9.18 Å². The van der Waals surface area contributed by atoms with Crippen LogP contribution in [0.3, 0.4) is 0 Å². The highest BCUT2D eigenvalue weighted by atomic mass is 35.5. The molecule has 7 nitrogen and oxygen atoms in total. The average molecular weight is 477 g/mol. The molecule has 0 saturated carbocycles. The number of pyridine rings is 1. The van der Waals surface area contributed by atoms with E-state index in [1.807, 2.05) is 0 Å². The number of carbonyl (C=O) groups excluding carboxylic acids is 1. The van der Waals surface area contributed by atoms with Gasteiger partial charge in [0.1, 0.15) is 11.4 Å². The number of ether oxygens (including phenoxy) is 1. The van der Waals surface area contributed by atoms with Crippen LogP contribution >= 0.6 is 23.2 Å². The molecule has 1 unspecified atom stereocenters. The minimum atomic E-state index is -1.56. The zero-order valence-electron chi connectivity index (χ0n) is 16.6. The van der Waals surface area contributed by atoms with Crippen LogP contribution < -0.4 is 5.43 Å². The summed E-state index contributed by atoms with van der Waals surface area (Å²) in [5.74, 6) is -4.98. The first-order chi connectivity index (χ1) is 15.2. The van der Waals surface area contributed by atoms with Crippen molar-refractivity contribution in [3.8, 4) is 6.07 Å². The molecule has 0 amide bonds. The van der Waals surface area contributed by atoms with Crippen molar-refractivity contribution in [3.63, 3.8) is 0 Å². The number of carboxylic acid groups (broad SMARTS) is 1. The number of rotatable bonds is 6. The maximum absolute atomic E-state index is 14.8. The Bertz CT molecular complexity index is 1350. The minimum absolute atomic E-state index is 0.00375. The molecule has 0 spiro atoms. The van der Waals surface area contributed by atoms with Crippen molar-refractivity contribution < 1.29 is 23.8 Å². The van der Waals surface area contributed by atoms with E-state index in [4.69, 9.17) is 27.9 Å². The van der Waals surface area contributed by atoms with Gasteiger partial charge >= 0.3 is 11.9 Å². The van der Waals surface area contributed by atoms with E-state index in [0.29, 0.717) is 10.6 Å². The monoisotopic (exact) mass is 476 g/mol. The molecule has 0 aliphatic heterocycles. The van der Waals surface area contributed by atoms with E-state index in [0.717, 1.165) is 12.3 Å². The fourth-order valence-electron chi connectivity index (χ4n) is 3.24. The minimum Gasteiger partial charge on any atom is -0.477 e. The standard InChI is InChI=1S/C22H15Cl2FN2O5/c1-2-32-22(31)14(8-26)12-7-19-13(6-18(12)25)20(28)15(21(29)30)10-27(19)9-11-3-4-16(23)17(24)5-11/h3-7,10,14H,2,9H2,1H3,(H,29,30). The molecule has 1 N–H and O–H groups in total. The highest BCUT2D eigenvalue weighted by Crippen LogP contribution is 2.27. The first-order valence-electron chi connectivity index (χ1n) is 9.28. The fraction of sp³-hybridized carbons (Fsp3) is 0.182. The Morgan fingerprint density at radius 2 is 1.97 bits per heavy atom. The predicted molar refractivity (Wildman–Crippen MR) is 116 cm³/mol. The maximum Gasteiger partial charge on any atom is 0.341 e. The Kier molecular flexibility index (Phi) is 6.82. The summed E-state index contributed by atoms with van der Waals surface area (Å²) in [5, 5.41) is 19.2. The number of carbonyl (C=O) groups is 2. The van der Waals surface area contributed by atoms with Gasteiger partial charge in [-0.2, -0.15) is 5.26 Å². The van der Waals surface area contributed by atoms with Crippen LogP contribution in [0, 0.1) is 17.1 Å². The molecule has 10 heteroatoms. The smallest absolute Gasteiger partial charge is 0.341 e. The molecule has 0 bridgehead atoms. The number of nitrogens with zero attached hydrogens (tertiary/aromatic N) is 2. The summed E-state index contributed by atoms with van der Waals surface area (Å²) >= 11 is 12.0. The number of esters is 1. The van der Waals surface area contributed by atoms with Crippen molar-refractivity contribution in [2.45, 2.75) is 19.4 Å². The first kappa shape index (κ1) is 23.3. The second-order valence-corrected chi connectivity index (χ2v) is 7.57. The van der Waals surface area contributed by atoms with Crippen molar-refractivity contribution in [3.05, 3.63) is 79.3 Å². The van der Waals surface area contributed by atoms with Crippen LogP contribution in [-0.4, -0.2) is 28.2 Å². The van der Waals surface area contributed by atoms with E-state index in [2.05, 4.69) is 0 Å². The van der Waals surface area contributed by atoms with E-state index in [9.17, 15) is 29.1 Å². The van der Waals surface area contributed by atoms with Crippen molar-refractivity contribution in [2.75, 3.05) is 6.61 Å². The molecule has 0 radical (unpaired) electrons. The van der Waals surface area contributed by atoms with Crippen molar-refractivity contribution >= 4 is 46.0 Å². The quantitative estimate of drug-likeness (QED) is 0.529. The molecule has 32 heavy (non-hydrogen) atoms. The van der Waals surface area contributed by atoms with Gasteiger partial charge in [0, 0.05) is 23.7 Å². The van der Waals surface area contributed by atoms with Crippen LogP contribution in [0.1, 0.15) is 34.3 Å². The highest BCUT2D eigenvalue weighted by Gasteiger charge is 2.27. The van der Waals surface area contributed by atoms with Crippen molar-refractivity contribution in [2.24, 2.45) is 0 Å². The number of hydrogen-bond acceptors (Lipinski definition) is 5. The van der Waals surface area contributed by atoms with Gasteiger partial charge in [-0.3, -0.25) is 9.59 Å². The second-order valence-electron chi connectivity index (χ2n) is 6.76. The molecule has 0 aliphatic carbocycles.